The van der Waals surface area contributed by atoms with E-state index in [4.69, 9.17) is 28.6 Å². The Morgan fingerprint density at radius 1 is 1.28 bits per heavy atom. The van der Waals surface area contributed by atoms with E-state index in [-0.39, 0.29) is 12.1 Å². The van der Waals surface area contributed by atoms with E-state index in [1.807, 2.05) is 31.2 Å². The van der Waals surface area contributed by atoms with Gasteiger partial charge >= 0.3 is 0 Å². The largest absolute Gasteiger partial charge is 0.383 e. The molecule has 0 saturated carbocycles. The first-order valence-electron chi connectivity index (χ1n) is 5.84. The lowest BCUT2D eigenvalue weighted by Gasteiger charge is -2.20. The second kappa shape index (κ2) is 7.56. The summed E-state index contributed by atoms with van der Waals surface area (Å²) < 4.78 is 5.04. The lowest BCUT2D eigenvalue weighted by Crippen LogP contribution is -2.43. The van der Waals surface area contributed by atoms with Crippen LogP contribution >= 0.6 is 23.8 Å². The Balaban J connectivity index is 2.46. The molecule has 3 nitrogen and oxygen atoms in total. The summed E-state index contributed by atoms with van der Waals surface area (Å²) in [7, 11) is 1.67. The lowest BCUT2D eigenvalue weighted by atomic mass is 10.1. The fourth-order valence-corrected chi connectivity index (χ4v) is 2.09. The van der Waals surface area contributed by atoms with E-state index < -0.39 is 0 Å². The van der Waals surface area contributed by atoms with Crippen LogP contribution in [0, 0.1) is 0 Å². The van der Waals surface area contributed by atoms with Gasteiger partial charge < -0.3 is 15.4 Å². The van der Waals surface area contributed by atoms with Gasteiger partial charge in [0, 0.05) is 18.2 Å². The van der Waals surface area contributed by atoms with Crippen LogP contribution in [-0.4, -0.2) is 24.9 Å². The van der Waals surface area contributed by atoms with E-state index in [1.54, 1.807) is 7.11 Å². The Hall–Kier alpha value is -0.840. The SMILES string of the molecule is COCC(C)NC(=S)NC(C)c1ccc(Cl)cc1. The van der Waals surface area contributed by atoms with Gasteiger partial charge in [-0.25, -0.2) is 0 Å². The number of methoxy groups -OCH3 is 1. The third-order valence-electron chi connectivity index (χ3n) is 2.51. The molecule has 0 heterocycles. The van der Waals surface area contributed by atoms with Crippen molar-refractivity contribution in [1.29, 1.82) is 0 Å². The zero-order chi connectivity index (χ0) is 13.5. The van der Waals surface area contributed by atoms with Crippen molar-refractivity contribution >= 4 is 28.9 Å². The minimum atomic E-state index is 0.136. The highest BCUT2D eigenvalue weighted by molar-refractivity contribution is 7.80. The fraction of sp³-hybridized carbons (Fsp3) is 0.462. The summed E-state index contributed by atoms with van der Waals surface area (Å²) in [6.07, 6.45) is 0. The van der Waals surface area contributed by atoms with Crippen molar-refractivity contribution in [3.8, 4) is 0 Å². The van der Waals surface area contributed by atoms with Crippen LogP contribution in [0.1, 0.15) is 25.5 Å². The third-order valence-corrected chi connectivity index (χ3v) is 3.00. The zero-order valence-electron chi connectivity index (χ0n) is 10.9. The van der Waals surface area contributed by atoms with Crippen LogP contribution in [0.5, 0.6) is 0 Å². The van der Waals surface area contributed by atoms with Crippen LogP contribution in [0.25, 0.3) is 0 Å². The number of hydrogen-bond acceptors (Lipinski definition) is 2. The molecule has 0 aliphatic rings. The maximum Gasteiger partial charge on any atom is 0.167 e. The van der Waals surface area contributed by atoms with Crippen LogP contribution in [0.3, 0.4) is 0 Å². The summed E-state index contributed by atoms with van der Waals surface area (Å²) in [6.45, 7) is 4.69. The number of ether oxygens (including phenoxy) is 1. The molecule has 0 aliphatic carbocycles. The molecule has 0 amide bonds. The Bertz CT molecular complexity index is 383. The molecule has 0 aromatic heterocycles. The third kappa shape index (κ3) is 5.21. The first-order valence-corrected chi connectivity index (χ1v) is 6.63. The molecule has 0 spiro atoms. The van der Waals surface area contributed by atoms with Crippen molar-refractivity contribution in [2.24, 2.45) is 0 Å². The Kier molecular flexibility index (Phi) is 6.39. The first-order chi connectivity index (χ1) is 8.52. The molecular weight excluding hydrogens is 268 g/mol. The Morgan fingerprint density at radius 2 is 1.89 bits per heavy atom. The molecule has 18 heavy (non-hydrogen) atoms. The van der Waals surface area contributed by atoms with Crippen molar-refractivity contribution in [3.05, 3.63) is 34.9 Å². The molecule has 1 rings (SSSR count). The highest BCUT2D eigenvalue weighted by Crippen LogP contribution is 2.15. The van der Waals surface area contributed by atoms with E-state index in [2.05, 4.69) is 17.6 Å². The summed E-state index contributed by atoms with van der Waals surface area (Å²) in [6, 6.07) is 8.05. The van der Waals surface area contributed by atoms with Gasteiger partial charge in [-0.3, -0.25) is 0 Å². The summed E-state index contributed by atoms with van der Waals surface area (Å²) in [4.78, 5) is 0. The molecule has 0 aliphatic heterocycles. The second-order valence-corrected chi connectivity index (χ2v) is 5.09. The van der Waals surface area contributed by atoms with Crippen molar-refractivity contribution in [2.75, 3.05) is 13.7 Å². The highest BCUT2D eigenvalue weighted by Gasteiger charge is 2.08. The van der Waals surface area contributed by atoms with Crippen LogP contribution < -0.4 is 10.6 Å². The quantitative estimate of drug-likeness (QED) is 0.816. The molecule has 5 heteroatoms. The van der Waals surface area contributed by atoms with Crippen molar-refractivity contribution in [3.63, 3.8) is 0 Å². The van der Waals surface area contributed by atoms with Gasteiger partial charge in [0.15, 0.2) is 5.11 Å². The van der Waals surface area contributed by atoms with Gasteiger partial charge in [-0.2, -0.15) is 0 Å². The van der Waals surface area contributed by atoms with Gasteiger partial charge in [0.2, 0.25) is 0 Å². The monoisotopic (exact) mass is 286 g/mol. The summed E-state index contributed by atoms with van der Waals surface area (Å²) in [5.41, 5.74) is 1.14. The van der Waals surface area contributed by atoms with Gasteiger partial charge in [-0.15, -0.1) is 0 Å². The Morgan fingerprint density at radius 3 is 2.44 bits per heavy atom. The highest BCUT2D eigenvalue weighted by atomic mass is 35.5. The molecule has 0 fully saturated rings. The standard InChI is InChI=1S/C13H19ClN2OS/c1-9(8-17-3)15-13(18)16-10(2)11-4-6-12(14)7-5-11/h4-7,9-10H,8H2,1-3H3,(H2,15,16,18). The van der Waals surface area contributed by atoms with Crippen LogP contribution in [0.2, 0.25) is 5.02 Å². The van der Waals surface area contributed by atoms with E-state index in [9.17, 15) is 0 Å². The fourth-order valence-electron chi connectivity index (χ4n) is 1.59. The average Bonchev–Trinajstić information content (AvgIpc) is 2.29. The molecule has 2 N–H and O–H groups in total. The van der Waals surface area contributed by atoms with Gasteiger partial charge in [0.05, 0.1) is 12.6 Å². The smallest absolute Gasteiger partial charge is 0.167 e. The maximum atomic E-state index is 5.85. The lowest BCUT2D eigenvalue weighted by molar-refractivity contribution is 0.179. The molecular formula is C13H19ClN2OS. The number of nitrogens with one attached hydrogen (secondary N) is 2. The topological polar surface area (TPSA) is 33.3 Å². The number of benzene rings is 1. The minimum absolute atomic E-state index is 0.136. The number of rotatable bonds is 5. The van der Waals surface area contributed by atoms with E-state index in [0.29, 0.717) is 11.7 Å². The molecule has 2 unspecified atom stereocenters. The summed E-state index contributed by atoms with van der Waals surface area (Å²) in [5, 5.41) is 7.75. The van der Waals surface area contributed by atoms with Gasteiger partial charge in [-0.1, -0.05) is 23.7 Å². The number of hydrogen-bond donors (Lipinski definition) is 2. The predicted octanol–water partition coefficient (Wildman–Crippen LogP) is 2.90. The van der Waals surface area contributed by atoms with Crippen molar-refractivity contribution < 1.29 is 4.74 Å². The second-order valence-electron chi connectivity index (χ2n) is 4.25. The minimum Gasteiger partial charge on any atom is -0.383 e. The molecule has 0 bridgehead atoms. The molecule has 1 aromatic rings. The molecule has 2 atom stereocenters. The normalized spacial score (nSPS) is 13.8. The molecule has 0 saturated heterocycles. The molecule has 1 aromatic carbocycles. The number of halogens is 1. The summed E-state index contributed by atoms with van der Waals surface area (Å²) in [5.74, 6) is 0. The average molecular weight is 287 g/mol. The van der Waals surface area contributed by atoms with E-state index >= 15 is 0 Å². The van der Waals surface area contributed by atoms with Gasteiger partial charge in [0.1, 0.15) is 0 Å². The predicted molar refractivity (Wildman–Crippen MR) is 80.1 cm³/mol. The van der Waals surface area contributed by atoms with Crippen LogP contribution in [0.15, 0.2) is 24.3 Å². The molecule has 100 valence electrons. The van der Waals surface area contributed by atoms with Crippen molar-refractivity contribution in [2.45, 2.75) is 25.9 Å². The number of thiocarbonyl (C=S) groups is 1. The van der Waals surface area contributed by atoms with Gasteiger partial charge in [-0.05, 0) is 43.8 Å². The first kappa shape index (κ1) is 15.2. The summed E-state index contributed by atoms with van der Waals surface area (Å²) >= 11 is 11.1. The van der Waals surface area contributed by atoms with E-state index in [0.717, 1.165) is 10.6 Å². The Labute approximate surface area is 119 Å². The maximum absolute atomic E-state index is 5.85. The van der Waals surface area contributed by atoms with E-state index in [1.165, 1.54) is 0 Å². The van der Waals surface area contributed by atoms with Gasteiger partial charge in [0.25, 0.3) is 0 Å². The van der Waals surface area contributed by atoms with Crippen LogP contribution in [-0.2, 0) is 4.74 Å². The molecule has 0 radical (unpaired) electrons. The van der Waals surface area contributed by atoms with Crippen molar-refractivity contribution in [1.82, 2.24) is 10.6 Å². The van der Waals surface area contributed by atoms with Crippen LogP contribution in [0.4, 0.5) is 0 Å². The zero-order valence-corrected chi connectivity index (χ0v) is 12.4.